The van der Waals surface area contributed by atoms with Crippen molar-refractivity contribution in [2.45, 2.75) is 89.4 Å². The van der Waals surface area contributed by atoms with E-state index in [1.165, 1.54) is 12.3 Å². The second-order valence-electron chi connectivity index (χ2n) is 12.6. The highest BCUT2D eigenvalue weighted by molar-refractivity contribution is 7.99. The summed E-state index contributed by atoms with van der Waals surface area (Å²) in [5, 5.41) is 1.95. The molecule has 0 aliphatic rings. The minimum atomic E-state index is -4.52. The Morgan fingerprint density at radius 2 is 1.08 bits per heavy atom. The van der Waals surface area contributed by atoms with E-state index in [0.717, 1.165) is 66.4 Å². The van der Waals surface area contributed by atoms with Gasteiger partial charge in [-0.25, -0.2) is 29.9 Å². The van der Waals surface area contributed by atoms with Gasteiger partial charge in [0.15, 0.2) is 17.3 Å². The molecule has 6 aromatic heterocycles. The van der Waals surface area contributed by atoms with Crippen LogP contribution < -0.4 is 0 Å². The molecular weight excluding hydrogens is 875 g/mol. The van der Waals surface area contributed by atoms with E-state index in [0.29, 0.717) is 45.2 Å². The fourth-order valence-electron chi connectivity index (χ4n) is 6.26. The first-order valence-electron chi connectivity index (χ1n) is 20.7. The standard InChI is InChI=1S/C20H18F3N5S2.C20H16F3N3S.3C2H6/c1-4-29-12-6-11-7-15(30-5-2)17(27-18(11)25-9-12)19-26-13-8-16(20(21,22)23)24-10-14(13)28(19)3;1-3-27-17-10-12-6-4-5-7-14(12)24-18(17)19-25-15-11-13(20(21,22)23)8-9-16(15)26(19)2;3*1-2/h6-10H,4-5H2,1-3H3;4-11H,3H2,1-2H3;3*1-2H3. The van der Waals surface area contributed by atoms with Crippen LogP contribution in [0, 0.1) is 0 Å². The van der Waals surface area contributed by atoms with E-state index in [1.54, 1.807) is 64.7 Å². The van der Waals surface area contributed by atoms with E-state index in [9.17, 15) is 26.3 Å². The van der Waals surface area contributed by atoms with Gasteiger partial charge >= 0.3 is 12.4 Å². The number of imidazole rings is 2. The van der Waals surface area contributed by atoms with Gasteiger partial charge in [-0.2, -0.15) is 26.3 Å². The molecule has 17 heteroatoms. The van der Waals surface area contributed by atoms with E-state index in [-0.39, 0.29) is 5.52 Å². The number of hydrogen-bond acceptors (Lipinski definition) is 9. The third kappa shape index (κ3) is 11.6. The topological polar surface area (TPSA) is 87.2 Å². The van der Waals surface area contributed by atoms with Crippen LogP contribution in [0.1, 0.15) is 73.6 Å². The summed E-state index contributed by atoms with van der Waals surface area (Å²) in [7, 11) is 3.55. The summed E-state index contributed by atoms with van der Waals surface area (Å²) in [6, 6.07) is 18.5. The van der Waals surface area contributed by atoms with Gasteiger partial charge in [0.25, 0.3) is 0 Å². The Morgan fingerprint density at radius 1 is 0.524 bits per heavy atom. The van der Waals surface area contributed by atoms with Gasteiger partial charge in [-0.05, 0) is 65.8 Å². The highest BCUT2D eigenvalue weighted by atomic mass is 32.2. The van der Waals surface area contributed by atoms with E-state index < -0.39 is 23.6 Å². The fraction of sp³-hybridized carbons (Fsp3) is 0.348. The molecule has 0 radical (unpaired) electrons. The van der Waals surface area contributed by atoms with Gasteiger partial charge in [-0.15, -0.1) is 35.3 Å². The smallest absolute Gasteiger partial charge is 0.326 e. The van der Waals surface area contributed by atoms with Gasteiger partial charge in [0.05, 0.1) is 39.3 Å². The number of nitrogens with zero attached hydrogens (tertiary/aromatic N) is 8. The third-order valence-corrected chi connectivity index (χ3v) is 11.6. The summed E-state index contributed by atoms with van der Waals surface area (Å²) in [5.74, 6) is 3.67. The Kier molecular flexibility index (Phi) is 18.3. The number of para-hydroxylation sites is 1. The van der Waals surface area contributed by atoms with Crippen LogP contribution >= 0.6 is 35.3 Å². The summed E-state index contributed by atoms with van der Waals surface area (Å²) in [6.45, 7) is 18.2. The van der Waals surface area contributed by atoms with Crippen molar-refractivity contribution < 1.29 is 26.3 Å². The zero-order chi connectivity index (χ0) is 46.6. The predicted octanol–water partition coefficient (Wildman–Crippen LogP) is 14.8. The Morgan fingerprint density at radius 3 is 1.67 bits per heavy atom. The molecule has 0 aliphatic heterocycles. The lowest BCUT2D eigenvalue weighted by Crippen LogP contribution is -2.07. The minimum absolute atomic E-state index is 0.229. The van der Waals surface area contributed by atoms with Gasteiger partial charge in [0.1, 0.15) is 17.1 Å². The molecule has 6 heterocycles. The zero-order valence-corrected chi connectivity index (χ0v) is 39.6. The molecule has 8 nitrogen and oxygen atoms in total. The van der Waals surface area contributed by atoms with Crippen LogP contribution in [-0.2, 0) is 26.4 Å². The number of pyridine rings is 4. The number of alkyl halides is 6. The number of rotatable bonds is 8. The van der Waals surface area contributed by atoms with Gasteiger partial charge < -0.3 is 9.13 Å². The first-order valence-corrected chi connectivity index (χ1v) is 23.7. The third-order valence-electron chi connectivity index (χ3n) is 8.90. The Balaban J connectivity index is 0.000000248. The summed E-state index contributed by atoms with van der Waals surface area (Å²) >= 11 is 4.96. The van der Waals surface area contributed by atoms with E-state index in [1.807, 2.05) is 85.7 Å². The second kappa shape index (κ2) is 22.7. The van der Waals surface area contributed by atoms with Crippen molar-refractivity contribution >= 4 is 79.3 Å². The average Bonchev–Trinajstić information content (AvgIpc) is 3.80. The van der Waals surface area contributed by atoms with Crippen LogP contribution in [-0.4, -0.2) is 56.3 Å². The van der Waals surface area contributed by atoms with E-state index in [4.69, 9.17) is 9.97 Å². The largest absolute Gasteiger partial charge is 0.433 e. The molecular formula is C46H52F6N8S3. The van der Waals surface area contributed by atoms with Crippen molar-refractivity contribution in [1.82, 2.24) is 39.0 Å². The first-order chi connectivity index (χ1) is 30.2. The average molecular weight is 927 g/mol. The first kappa shape index (κ1) is 50.8. The van der Waals surface area contributed by atoms with E-state index in [2.05, 4.69) is 39.0 Å². The molecule has 0 aliphatic carbocycles. The number of halogens is 6. The fourth-order valence-corrected chi connectivity index (χ4v) is 8.52. The molecule has 0 spiro atoms. The van der Waals surface area contributed by atoms with Crippen molar-refractivity contribution in [2.24, 2.45) is 14.1 Å². The quantitative estimate of drug-likeness (QED) is 0.109. The molecule has 0 unspecified atom stereocenters. The predicted molar refractivity (Wildman–Crippen MR) is 252 cm³/mol. The lowest BCUT2D eigenvalue weighted by molar-refractivity contribution is -0.141. The number of thioether (sulfide) groups is 3. The molecule has 2 aromatic carbocycles. The van der Waals surface area contributed by atoms with Gasteiger partial charge in [-0.1, -0.05) is 80.5 Å². The Bertz CT molecular complexity index is 2770. The van der Waals surface area contributed by atoms with Crippen LogP contribution in [0.2, 0.25) is 0 Å². The maximum absolute atomic E-state index is 13.0. The summed E-state index contributed by atoms with van der Waals surface area (Å²) in [6.07, 6.45) is -5.92. The van der Waals surface area contributed by atoms with Crippen LogP contribution in [0.25, 0.3) is 67.0 Å². The van der Waals surface area contributed by atoms with Crippen molar-refractivity contribution in [3.8, 4) is 23.0 Å². The molecule has 336 valence electrons. The summed E-state index contributed by atoms with van der Waals surface area (Å²) < 4.78 is 81.8. The van der Waals surface area contributed by atoms with Gasteiger partial charge in [-0.3, -0.25) is 0 Å². The van der Waals surface area contributed by atoms with Gasteiger partial charge in [0, 0.05) is 45.8 Å². The van der Waals surface area contributed by atoms with Crippen molar-refractivity contribution in [2.75, 3.05) is 17.3 Å². The van der Waals surface area contributed by atoms with Crippen molar-refractivity contribution in [3.05, 3.63) is 90.4 Å². The van der Waals surface area contributed by atoms with Crippen LogP contribution in [0.4, 0.5) is 26.3 Å². The summed E-state index contributed by atoms with van der Waals surface area (Å²) in [5.41, 5.74) is 2.72. The number of benzene rings is 2. The van der Waals surface area contributed by atoms with Crippen LogP contribution in [0.15, 0.2) is 93.8 Å². The lowest BCUT2D eigenvalue weighted by Gasteiger charge is -2.10. The molecule has 8 aromatic rings. The highest BCUT2D eigenvalue weighted by Gasteiger charge is 2.33. The Hall–Kier alpha value is -4.87. The molecule has 0 amide bonds. The SMILES string of the molecule is CC.CC.CC.CCSc1cc2ccccc2nc1-c1nc2cc(C(F)(F)F)ccc2n1C.CCSc1cnc2nc(-c3nc4cc(C(F)(F)F)ncc4n3C)c(SCC)cc2c1. The van der Waals surface area contributed by atoms with E-state index >= 15 is 0 Å². The summed E-state index contributed by atoms with van der Waals surface area (Å²) in [4.78, 5) is 29.4. The molecule has 0 saturated heterocycles. The normalized spacial score (nSPS) is 11.3. The molecule has 0 N–H and O–H groups in total. The minimum Gasteiger partial charge on any atom is -0.326 e. The number of hydrogen-bond donors (Lipinski definition) is 0. The molecule has 0 atom stereocenters. The van der Waals surface area contributed by atoms with Crippen molar-refractivity contribution in [3.63, 3.8) is 0 Å². The van der Waals surface area contributed by atoms with Crippen molar-refractivity contribution in [1.29, 1.82) is 0 Å². The maximum Gasteiger partial charge on any atom is 0.433 e. The molecule has 8 rings (SSSR count). The monoisotopic (exact) mass is 926 g/mol. The van der Waals surface area contributed by atoms with Crippen LogP contribution in [0.3, 0.4) is 0 Å². The number of aryl methyl sites for hydroxylation is 2. The maximum atomic E-state index is 13.0. The van der Waals surface area contributed by atoms with Gasteiger partial charge in [0.2, 0.25) is 0 Å². The zero-order valence-electron chi connectivity index (χ0n) is 37.2. The Labute approximate surface area is 377 Å². The highest BCUT2D eigenvalue weighted by Crippen LogP contribution is 2.38. The lowest BCUT2D eigenvalue weighted by atomic mass is 10.2. The molecule has 0 saturated carbocycles. The second-order valence-corrected chi connectivity index (χ2v) is 16.6. The number of aromatic nitrogens is 8. The molecule has 63 heavy (non-hydrogen) atoms. The number of fused-ring (bicyclic) bond motifs is 4. The molecule has 0 bridgehead atoms. The van der Waals surface area contributed by atoms with Crippen LogP contribution in [0.5, 0.6) is 0 Å². The molecule has 0 fully saturated rings.